The van der Waals surface area contributed by atoms with Gasteiger partial charge >= 0.3 is 11.9 Å². The van der Waals surface area contributed by atoms with Crippen molar-refractivity contribution in [2.24, 2.45) is 46.3 Å². The predicted molar refractivity (Wildman–Crippen MR) is 160 cm³/mol. The molecule has 7 heteroatoms. The molecule has 0 radical (unpaired) electrons. The number of aryl methyl sites for hydroxylation is 1. The maximum absolute atomic E-state index is 12.6. The molecule has 0 amide bonds. The number of aliphatic hydroxyl groups is 1. The zero-order chi connectivity index (χ0) is 29.1. The number of rotatable bonds is 6. The zero-order valence-corrected chi connectivity index (χ0v) is 26.1. The Kier molecular flexibility index (Phi) is 7.76. The second kappa shape index (κ2) is 10.9. The first-order valence-corrected chi connectivity index (χ1v) is 16.7. The normalized spacial score (nSPS) is 40.7. The first kappa shape index (κ1) is 29.1. The maximum atomic E-state index is 12.6. The Morgan fingerprint density at radius 1 is 1.05 bits per heavy atom. The van der Waals surface area contributed by atoms with E-state index in [1.807, 2.05) is 6.07 Å². The Labute approximate surface area is 248 Å². The van der Waals surface area contributed by atoms with Crippen molar-refractivity contribution in [3.05, 3.63) is 29.3 Å². The van der Waals surface area contributed by atoms with E-state index in [1.165, 1.54) is 16.6 Å². The number of ether oxygens (including phenoxy) is 2. The zero-order valence-electron chi connectivity index (χ0n) is 25.3. The summed E-state index contributed by atoms with van der Waals surface area (Å²) >= 11 is 1.80. The summed E-state index contributed by atoms with van der Waals surface area (Å²) < 4.78 is 13.7. The molecule has 0 unspecified atom stereocenters. The Morgan fingerprint density at radius 2 is 1.80 bits per heavy atom. The van der Waals surface area contributed by atoms with E-state index in [4.69, 9.17) is 14.5 Å². The average molecular weight is 582 g/mol. The minimum absolute atomic E-state index is 0.0524. The van der Waals surface area contributed by atoms with Crippen molar-refractivity contribution in [1.29, 1.82) is 0 Å². The molecule has 4 saturated carbocycles. The first-order valence-electron chi connectivity index (χ1n) is 15.9. The molecule has 6 nitrogen and oxygen atoms in total. The summed E-state index contributed by atoms with van der Waals surface area (Å²) in [5, 5.41) is 11.8. The van der Waals surface area contributed by atoms with Gasteiger partial charge in [0.1, 0.15) is 12.2 Å². The van der Waals surface area contributed by atoms with Gasteiger partial charge < -0.3 is 14.6 Å². The van der Waals surface area contributed by atoms with Crippen molar-refractivity contribution in [2.75, 3.05) is 0 Å². The van der Waals surface area contributed by atoms with E-state index in [2.05, 4.69) is 39.0 Å². The van der Waals surface area contributed by atoms with Gasteiger partial charge in [-0.1, -0.05) is 32.9 Å². The van der Waals surface area contributed by atoms with Crippen LogP contribution in [0.25, 0.3) is 10.2 Å². The summed E-state index contributed by atoms with van der Waals surface area (Å²) in [5.74, 6) is 1.66. The highest BCUT2D eigenvalue weighted by molar-refractivity contribution is 7.18. The third-order valence-electron chi connectivity index (χ3n) is 12.2. The second-order valence-corrected chi connectivity index (χ2v) is 15.4. The van der Waals surface area contributed by atoms with Gasteiger partial charge in [-0.2, -0.15) is 0 Å². The van der Waals surface area contributed by atoms with Gasteiger partial charge in [-0.05, 0) is 105 Å². The lowest BCUT2D eigenvalue weighted by Gasteiger charge is -2.64. The SMILES string of the molecule is CC(=O)O[C@H]1C[C@H]2[C@@H]([C@H](OC(C)=O)C[C@@H]3C[C@H](O)CC[C@@]32C)[C@@H]2CC[C@H]([C@H](C)CCc3nc4ccccc4s3)[C@@]12C. The number of fused-ring (bicyclic) bond motifs is 6. The number of para-hydroxylation sites is 1. The standard InChI is InChI=1S/C34H47NO5S/c1-19(10-13-31-35-27-8-6-7-9-29(27)41-31)24-11-12-25-32-26(18-30(34(24,25)5)40-21(3)37)33(4)15-14-23(38)16-22(33)17-28(32)39-20(2)36/h6-9,19,22-26,28,30,32,38H,10-18H2,1-5H3/t19-,22+,23-,24-,25+,26+,28-,30+,32+,33+,34-/m1/s1. The van der Waals surface area contributed by atoms with Crippen molar-refractivity contribution in [3.8, 4) is 0 Å². The number of benzene rings is 1. The number of aliphatic hydroxyl groups excluding tert-OH is 1. The summed E-state index contributed by atoms with van der Waals surface area (Å²) in [5.41, 5.74) is 0.962. The molecule has 0 bridgehead atoms. The van der Waals surface area contributed by atoms with Crippen LogP contribution < -0.4 is 0 Å². The lowest BCUT2D eigenvalue weighted by molar-refractivity contribution is -0.223. The van der Waals surface area contributed by atoms with Crippen molar-refractivity contribution >= 4 is 33.5 Å². The molecule has 11 atom stereocenters. The quantitative estimate of drug-likeness (QED) is 0.371. The van der Waals surface area contributed by atoms with E-state index in [-0.39, 0.29) is 47.0 Å². The number of hydrogen-bond donors (Lipinski definition) is 1. The van der Waals surface area contributed by atoms with Gasteiger partial charge in [0, 0.05) is 25.2 Å². The molecular weight excluding hydrogens is 534 g/mol. The van der Waals surface area contributed by atoms with Crippen LogP contribution in [0.3, 0.4) is 0 Å². The van der Waals surface area contributed by atoms with Gasteiger partial charge in [0.25, 0.3) is 0 Å². The smallest absolute Gasteiger partial charge is 0.302 e. The Morgan fingerprint density at radius 3 is 2.54 bits per heavy atom. The fourth-order valence-corrected chi connectivity index (χ4v) is 11.4. The molecular formula is C34H47NO5S. The van der Waals surface area contributed by atoms with Crippen molar-refractivity contribution in [3.63, 3.8) is 0 Å². The van der Waals surface area contributed by atoms with E-state index in [9.17, 15) is 14.7 Å². The molecule has 0 spiro atoms. The number of carbonyl (C=O) groups excluding carboxylic acids is 2. The summed E-state index contributed by atoms with van der Waals surface area (Å²) in [6, 6.07) is 8.36. The van der Waals surface area contributed by atoms with Gasteiger partial charge in [0.05, 0.1) is 21.3 Å². The lowest BCUT2D eigenvalue weighted by atomic mass is 9.43. The maximum Gasteiger partial charge on any atom is 0.302 e. The van der Waals surface area contributed by atoms with Crippen LogP contribution in [0.15, 0.2) is 24.3 Å². The molecule has 1 heterocycles. The number of esters is 2. The van der Waals surface area contributed by atoms with Gasteiger partial charge in [-0.15, -0.1) is 11.3 Å². The molecule has 4 aliphatic carbocycles. The topological polar surface area (TPSA) is 85.7 Å². The number of carbonyl (C=O) groups is 2. The monoisotopic (exact) mass is 581 g/mol. The second-order valence-electron chi connectivity index (χ2n) is 14.3. The lowest BCUT2D eigenvalue weighted by Crippen LogP contribution is -2.63. The van der Waals surface area contributed by atoms with Crippen molar-refractivity contribution in [1.82, 2.24) is 4.98 Å². The van der Waals surface area contributed by atoms with Gasteiger partial charge in [0.2, 0.25) is 0 Å². The third-order valence-corrected chi connectivity index (χ3v) is 13.3. The fourth-order valence-electron chi connectivity index (χ4n) is 10.4. The molecule has 1 aromatic carbocycles. The van der Waals surface area contributed by atoms with Crippen LogP contribution >= 0.6 is 11.3 Å². The van der Waals surface area contributed by atoms with Crippen molar-refractivity contribution in [2.45, 2.75) is 111 Å². The summed E-state index contributed by atoms with van der Waals surface area (Å²) in [7, 11) is 0. The van der Waals surface area contributed by atoms with E-state index in [0.29, 0.717) is 29.6 Å². The van der Waals surface area contributed by atoms with Gasteiger partial charge in [-0.3, -0.25) is 9.59 Å². The van der Waals surface area contributed by atoms with E-state index < -0.39 is 0 Å². The van der Waals surface area contributed by atoms with Crippen LogP contribution in [-0.4, -0.2) is 40.3 Å². The van der Waals surface area contributed by atoms with E-state index >= 15 is 0 Å². The average Bonchev–Trinajstić information content (AvgIpc) is 3.49. The molecule has 2 aromatic rings. The molecule has 41 heavy (non-hydrogen) atoms. The van der Waals surface area contributed by atoms with Crippen LogP contribution in [0.4, 0.5) is 0 Å². The molecule has 1 aromatic heterocycles. The van der Waals surface area contributed by atoms with E-state index in [1.54, 1.807) is 18.3 Å². The number of hydrogen-bond acceptors (Lipinski definition) is 7. The Balaban J connectivity index is 1.30. The van der Waals surface area contributed by atoms with Crippen LogP contribution in [-0.2, 0) is 25.5 Å². The Hall–Kier alpha value is -1.99. The van der Waals surface area contributed by atoms with Crippen molar-refractivity contribution < 1.29 is 24.2 Å². The highest BCUT2D eigenvalue weighted by atomic mass is 32.1. The summed E-state index contributed by atoms with van der Waals surface area (Å²) in [6.07, 6.45) is 7.84. The van der Waals surface area contributed by atoms with Gasteiger partial charge in [0.15, 0.2) is 0 Å². The molecule has 4 fully saturated rings. The molecule has 6 rings (SSSR count). The Bertz CT molecular complexity index is 1260. The van der Waals surface area contributed by atoms with Crippen LogP contribution in [0.5, 0.6) is 0 Å². The number of thiazole rings is 1. The predicted octanol–water partition coefficient (Wildman–Crippen LogP) is 6.97. The first-order chi connectivity index (χ1) is 19.5. The number of nitrogens with zero attached hydrogens (tertiary/aromatic N) is 1. The van der Waals surface area contributed by atoms with Crippen LogP contribution in [0.2, 0.25) is 0 Å². The third kappa shape index (κ3) is 5.03. The highest BCUT2D eigenvalue weighted by Gasteiger charge is 2.67. The molecule has 1 N–H and O–H groups in total. The molecule has 4 aliphatic rings. The van der Waals surface area contributed by atoms with Gasteiger partial charge in [-0.25, -0.2) is 4.98 Å². The van der Waals surface area contributed by atoms with Crippen LogP contribution in [0.1, 0.15) is 91.0 Å². The van der Waals surface area contributed by atoms with E-state index in [0.717, 1.165) is 63.3 Å². The number of aromatic nitrogens is 1. The minimum atomic E-state index is -0.284. The fraction of sp³-hybridized carbons (Fsp3) is 0.735. The summed E-state index contributed by atoms with van der Waals surface area (Å²) in [4.78, 5) is 29.8. The molecule has 0 aliphatic heterocycles. The van der Waals surface area contributed by atoms with Crippen LogP contribution in [0, 0.1) is 46.3 Å². The highest BCUT2D eigenvalue weighted by Crippen LogP contribution is 2.69. The summed E-state index contributed by atoms with van der Waals surface area (Å²) in [6.45, 7) is 10.3. The minimum Gasteiger partial charge on any atom is -0.462 e. The molecule has 0 saturated heterocycles. The molecule has 224 valence electrons. The largest absolute Gasteiger partial charge is 0.462 e.